The van der Waals surface area contributed by atoms with Gasteiger partial charge in [-0.3, -0.25) is 5.43 Å². The van der Waals surface area contributed by atoms with E-state index in [0.29, 0.717) is 29.2 Å². The van der Waals surface area contributed by atoms with E-state index in [4.69, 9.17) is 16.9 Å². The molecular formula is C15H20ClN3. The van der Waals surface area contributed by atoms with Crippen LogP contribution in [0.5, 0.6) is 0 Å². The van der Waals surface area contributed by atoms with Crippen LogP contribution >= 0.6 is 11.6 Å². The predicted molar refractivity (Wildman–Crippen MR) is 77.6 cm³/mol. The highest BCUT2D eigenvalue weighted by atomic mass is 35.5. The summed E-state index contributed by atoms with van der Waals surface area (Å²) in [6, 6.07) is 8.67. The van der Waals surface area contributed by atoms with Crippen LogP contribution in [0.1, 0.15) is 44.2 Å². The number of rotatable bonds is 3. The standard InChI is InChI=1S/C15H20ClN3/c1-11-4-3-5-12(2)19(11)18-10-14-7-6-13(9-17)8-15(14)16/h6-8,11-12,18H,3-5,10H2,1-2H3. The summed E-state index contributed by atoms with van der Waals surface area (Å²) in [6.45, 7) is 5.21. The van der Waals surface area contributed by atoms with Gasteiger partial charge in [-0.1, -0.05) is 24.1 Å². The highest BCUT2D eigenvalue weighted by Crippen LogP contribution is 2.22. The molecular weight excluding hydrogens is 258 g/mol. The fourth-order valence-corrected chi connectivity index (χ4v) is 2.92. The predicted octanol–water partition coefficient (Wildman–Crippen LogP) is 3.48. The van der Waals surface area contributed by atoms with Crippen LogP contribution in [0, 0.1) is 11.3 Å². The maximum atomic E-state index is 8.82. The Balaban J connectivity index is 2.00. The second-order valence-electron chi connectivity index (χ2n) is 5.29. The molecule has 1 heterocycles. The number of nitrogens with zero attached hydrogens (tertiary/aromatic N) is 2. The minimum Gasteiger partial charge on any atom is -0.250 e. The van der Waals surface area contributed by atoms with Crippen LogP contribution in [0.2, 0.25) is 5.02 Å². The van der Waals surface area contributed by atoms with Gasteiger partial charge in [-0.25, -0.2) is 5.01 Å². The van der Waals surface area contributed by atoms with E-state index in [9.17, 15) is 0 Å². The molecule has 1 aliphatic rings. The quantitative estimate of drug-likeness (QED) is 0.919. The molecule has 1 aromatic carbocycles. The number of hydrogen-bond acceptors (Lipinski definition) is 3. The topological polar surface area (TPSA) is 39.1 Å². The Kier molecular flexibility index (Phi) is 4.81. The molecule has 1 aliphatic heterocycles. The second-order valence-corrected chi connectivity index (χ2v) is 5.70. The molecule has 0 radical (unpaired) electrons. The summed E-state index contributed by atoms with van der Waals surface area (Å²) in [5.41, 5.74) is 5.12. The van der Waals surface area contributed by atoms with Crippen molar-refractivity contribution >= 4 is 11.6 Å². The molecule has 1 aromatic rings. The lowest BCUT2D eigenvalue weighted by molar-refractivity contribution is 0.0436. The van der Waals surface area contributed by atoms with Gasteiger partial charge in [0.05, 0.1) is 11.6 Å². The van der Waals surface area contributed by atoms with Crippen LogP contribution < -0.4 is 5.43 Å². The van der Waals surface area contributed by atoms with E-state index < -0.39 is 0 Å². The van der Waals surface area contributed by atoms with E-state index in [0.717, 1.165) is 5.56 Å². The smallest absolute Gasteiger partial charge is 0.0992 e. The van der Waals surface area contributed by atoms with Crippen LogP contribution in [0.25, 0.3) is 0 Å². The van der Waals surface area contributed by atoms with Crippen LogP contribution in [0.3, 0.4) is 0 Å². The molecule has 2 rings (SSSR count). The Morgan fingerprint density at radius 1 is 1.37 bits per heavy atom. The summed E-state index contributed by atoms with van der Waals surface area (Å²) in [5, 5.41) is 11.8. The van der Waals surface area contributed by atoms with Gasteiger partial charge in [0.25, 0.3) is 0 Å². The van der Waals surface area contributed by atoms with Crippen LogP contribution in [-0.4, -0.2) is 17.1 Å². The summed E-state index contributed by atoms with van der Waals surface area (Å²) in [4.78, 5) is 0. The highest BCUT2D eigenvalue weighted by Gasteiger charge is 2.24. The van der Waals surface area contributed by atoms with Crippen molar-refractivity contribution in [3.63, 3.8) is 0 Å². The monoisotopic (exact) mass is 277 g/mol. The number of hydrazine groups is 1. The van der Waals surface area contributed by atoms with E-state index in [-0.39, 0.29) is 0 Å². The van der Waals surface area contributed by atoms with E-state index in [1.165, 1.54) is 19.3 Å². The second kappa shape index (κ2) is 6.38. The van der Waals surface area contributed by atoms with Crippen molar-refractivity contribution in [1.82, 2.24) is 10.4 Å². The summed E-state index contributed by atoms with van der Waals surface area (Å²) >= 11 is 6.19. The molecule has 1 fully saturated rings. The average molecular weight is 278 g/mol. The average Bonchev–Trinajstić information content (AvgIpc) is 2.39. The molecule has 3 nitrogen and oxygen atoms in total. The Morgan fingerprint density at radius 2 is 2.05 bits per heavy atom. The molecule has 102 valence electrons. The third-order valence-electron chi connectivity index (χ3n) is 3.83. The van der Waals surface area contributed by atoms with Gasteiger partial charge in [-0.15, -0.1) is 0 Å². The van der Waals surface area contributed by atoms with E-state index in [2.05, 4.69) is 30.4 Å². The zero-order chi connectivity index (χ0) is 13.8. The molecule has 4 heteroatoms. The number of nitrogens with one attached hydrogen (secondary N) is 1. The van der Waals surface area contributed by atoms with Gasteiger partial charge in [-0.05, 0) is 44.4 Å². The number of piperidine rings is 1. The molecule has 1 saturated heterocycles. The van der Waals surface area contributed by atoms with Crippen molar-refractivity contribution in [2.24, 2.45) is 0 Å². The number of benzene rings is 1. The molecule has 2 unspecified atom stereocenters. The summed E-state index contributed by atoms with van der Waals surface area (Å²) in [6.07, 6.45) is 3.77. The summed E-state index contributed by atoms with van der Waals surface area (Å²) < 4.78 is 0. The molecule has 0 aliphatic carbocycles. The molecule has 0 aromatic heterocycles. The SMILES string of the molecule is CC1CCCC(C)N1NCc1ccc(C#N)cc1Cl. The van der Waals surface area contributed by atoms with Gasteiger partial charge in [0.2, 0.25) is 0 Å². The van der Waals surface area contributed by atoms with E-state index >= 15 is 0 Å². The first kappa shape index (κ1) is 14.3. The Bertz CT molecular complexity index is 471. The lowest BCUT2D eigenvalue weighted by Crippen LogP contribution is -2.51. The maximum Gasteiger partial charge on any atom is 0.0992 e. The van der Waals surface area contributed by atoms with Crippen molar-refractivity contribution in [3.05, 3.63) is 34.3 Å². The summed E-state index contributed by atoms with van der Waals surface area (Å²) in [5.74, 6) is 0. The minimum absolute atomic E-state index is 0.556. The molecule has 0 bridgehead atoms. The van der Waals surface area contributed by atoms with E-state index in [1.54, 1.807) is 6.07 Å². The first-order valence-corrected chi connectivity index (χ1v) is 7.20. The van der Waals surface area contributed by atoms with E-state index in [1.807, 2.05) is 12.1 Å². The number of halogens is 1. The number of nitriles is 1. The first-order valence-electron chi connectivity index (χ1n) is 6.82. The normalized spacial score (nSPS) is 24.1. The maximum absolute atomic E-state index is 8.82. The fraction of sp³-hybridized carbons (Fsp3) is 0.533. The Labute approximate surface area is 120 Å². The third kappa shape index (κ3) is 3.48. The Hall–Kier alpha value is -1.08. The zero-order valence-electron chi connectivity index (χ0n) is 11.5. The lowest BCUT2D eigenvalue weighted by atomic mass is 10.00. The largest absolute Gasteiger partial charge is 0.250 e. The molecule has 0 saturated carbocycles. The van der Waals surface area contributed by atoms with Gasteiger partial charge in [0.1, 0.15) is 0 Å². The molecule has 2 atom stereocenters. The molecule has 19 heavy (non-hydrogen) atoms. The minimum atomic E-state index is 0.556. The van der Waals surface area contributed by atoms with Crippen molar-refractivity contribution in [2.45, 2.75) is 51.7 Å². The first-order chi connectivity index (χ1) is 9.11. The van der Waals surface area contributed by atoms with Gasteiger partial charge in [-0.2, -0.15) is 5.26 Å². The van der Waals surface area contributed by atoms with Crippen molar-refractivity contribution in [3.8, 4) is 6.07 Å². The fourth-order valence-electron chi connectivity index (χ4n) is 2.67. The van der Waals surface area contributed by atoms with Gasteiger partial charge in [0.15, 0.2) is 0 Å². The molecule has 0 amide bonds. The van der Waals surface area contributed by atoms with Crippen LogP contribution in [-0.2, 0) is 6.54 Å². The van der Waals surface area contributed by atoms with Gasteiger partial charge >= 0.3 is 0 Å². The number of hydrogen-bond donors (Lipinski definition) is 1. The van der Waals surface area contributed by atoms with Gasteiger partial charge < -0.3 is 0 Å². The van der Waals surface area contributed by atoms with Crippen molar-refractivity contribution in [2.75, 3.05) is 0 Å². The zero-order valence-corrected chi connectivity index (χ0v) is 12.2. The molecule has 1 N–H and O–H groups in total. The third-order valence-corrected chi connectivity index (χ3v) is 4.18. The summed E-state index contributed by atoms with van der Waals surface area (Å²) in [7, 11) is 0. The molecule has 0 spiro atoms. The highest BCUT2D eigenvalue weighted by molar-refractivity contribution is 6.31. The van der Waals surface area contributed by atoms with Crippen molar-refractivity contribution in [1.29, 1.82) is 5.26 Å². The van der Waals surface area contributed by atoms with Crippen LogP contribution in [0.15, 0.2) is 18.2 Å². The van der Waals surface area contributed by atoms with Gasteiger partial charge in [0, 0.05) is 23.7 Å². The lowest BCUT2D eigenvalue weighted by Gasteiger charge is -2.39. The Morgan fingerprint density at radius 3 is 2.63 bits per heavy atom. The van der Waals surface area contributed by atoms with Crippen LogP contribution in [0.4, 0.5) is 0 Å². The van der Waals surface area contributed by atoms with Crippen molar-refractivity contribution < 1.29 is 0 Å².